The van der Waals surface area contributed by atoms with E-state index in [4.69, 9.17) is 0 Å². The first-order valence-electron chi connectivity index (χ1n) is 5.59. The average molecular weight is 314 g/mol. The second-order valence-electron chi connectivity index (χ2n) is 4.53. The van der Waals surface area contributed by atoms with Crippen LogP contribution in [0.25, 0.3) is 0 Å². The Kier molecular flexibility index (Phi) is 3.34. The van der Waals surface area contributed by atoms with Gasteiger partial charge in [-0.25, -0.2) is 0 Å². The van der Waals surface area contributed by atoms with E-state index in [1.165, 1.54) is 18.2 Å². The molecule has 2 rings (SSSR count). The fourth-order valence-electron chi connectivity index (χ4n) is 2.05. The first-order valence-corrected chi connectivity index (χ1v) is 5.59. The van der Waals surface area contributed by atoms with Crippen molar-refractivity contribution in [2.45, 2.75) is 30.2 Å². The molecule has 1 aliphatic heterocycles. The number of carbonyl (C=O) groups excluding carboxylic acids is 1. The predicted molar refractivity (Wildman–Crippen MR) is 55.9 cm³/mol. The molecule has 116 valence electrons. The molecule has 0 spiro atoms. The van der Waals surface area contributed by atoms with Crippen molar-refractivity contribution in [1.29, 1.82) is 0 Å². The van der Waals surface area contributed by atoms with Gasteiger partial charge in [0.1, 0.15) is 0 Å². The molecule has 1 atom stereocenters. The number of hydrogen-bond acceptors (Lipinski definition) is 3. The molecular formula is C12H8F6O3. The molecular weight excluding hydrogens is 306 g/mol. The van der Waals surface area contributed by atoms with Gasteiger partial charge in [0.2, 0.25) is 0 Å². The number of hydrogen-bond donors (Lipinski definition) is 1. The largest absolute Gasteiger partial charge is 0.427 e. The van der Waals surface area contributed by atoms with Gasteiger partial charge in [0, 0.05) is 5.56 Å². The second kappa shape index (κ2) is 4.44. The molecule has 21 heavy (non-hydrogen) atoms. The Hall–Kier alpha value is -1.61. The van der Waals surface area contributed by atoms with Crippen molar-refractivity contribution in [2.75, 3.05) is 0 Å². The highest BCUT2D eigenvalue weighted by molar-refractivity contribution is 5.90. The highest BCUT2D eigenvalue weighted by atomic mass is 19.4. The summed E-state index contributed by atoms with van der Waals surface area (Å²) in [5.41, 5.74) is -5.22. The highest BCUT2D eigenvalue weighted by Crippen LogP contribution is 2.55. The van der Waals surface area contributed by atoms with Crippen molar-refractivity contribution in [3.05, 3.63) is 35.9 Å². The fourth-order valence-corrected chi connectivity index (χ4v) is 2.05. The lowest BCUT2D eigenvalue weighted by molar-refractivity contribution is -0.403. The zero-order chi connectivity index (χ0) is 16.1. The number of ketones is 1. The SMILES string of the molecule is O=C1CC(C(F)(F)F)(C(F)(F)F)OC1(O)c1ccccc1. The van der Waals surface area contributed by atoms with Gasteiger partial charge in [-0.05, 0) is 0 Å². The first kappa shape index (κ1) is 15.8. The highest BCUT2D eigenvalue weighted by Gasteiger charge is 2.79. The van der Waals surface area contributed by atoms with Gasteiger partial charge in [-0.1, -0.05) is 30.3 Å². The van der Waals surface area contributed by atoms with E-state index in [1.54, 1.807) is 0 Å². The van der Waals surface area contributed by atoms with E-state index in [1.807, 2.05) is 0 Å². The van der Waals surface area contributed by atoms with E-state index in [9.17, 15) is 36.2 Å². The van der Waals surface area contributed by atoms with Crippen LogP contribution < -0.4 is 0 Å². The lowest BCUT2D eigenvalue weighted by Crippen LogP contribution is -2.57. The molecule has 0 aromatic heterocycles. The van der Waals surface area contributed by atoms with Gasteiger partial charge in [-0.3, -0.25) is 4.79 Å². The summed E-state index contributed by atoms with van der Waals surface area (Å²) in [6.45, 7) is 0. The molecule has 0 saturated carbocycles. The van der Waals surface area contributed by atoms with Gasteiger partial charge < -0.3 is 9.84 Å². The maximum absolute atomic E-state index is 12.8. The van der Waals surface area contributed by atoms with E-state index >= 15 is 0 Å². The number of ether oxygens (including phenoxy) is 1. The number of Topliss-reactive ketones (excluding diaryl/α,β-unsaturated/α-hetero) is 1. The molecule has 1 unspecified atom stereocenters. The molecule has 0 radical (unpaired) electrons. The van der Waals surface area contributed by atoms with Crippen LogP contribution in [-0.4, -0.2) is 28.8 Å². The Balaban J connectivity index is 2.55. The Morgan fingerprint density at radius 2 is 1.48 bits per heavy atom. The van der Waals surface area contributed by atoms with E-state index in [0.717, 1.165) is 12.1 Å². The number of carbonyl (C=O) groups is 1. The van der Waals surface area contributed by atoms with Crippen molar-refractivity contribution < 1.29 is 41.0 Å². The average Bonchev–Trinajstić information content (AvgIpc) is 2.65. The zero-order valence-corrected chi connectivity index (χ0v) is 10.1. The van der Waals surface area contributed by atoms with Gasteiger partial charge in [-0.15, -0.1) is 0 Å². The number of benzene rings is 1. The fraction of sp³-hybridized carbons (Fsp3) is 0.417. The number of rotatable bonds is 1. The monoisotopic (exact) mass is 314 g/mol. The van der Waals surface area contributed by atoms with Crippen LogP contribution in [0.15, 0.2) is 30.3 Å². The lowest BCUT2D eigenvalue weighted by Gasteiger charge is -2.34. The van der Waals surface area contributed by atoms with Crippen molar-refractivity contribution >= 4 is 5.78 Å². The molecule has 0 aliphatic carbocycles. The minimum atomic E-state index is -5.90. The van der Waals surface area contributed by atoms with E-state index in [-0.39, 0.29) is 0 Å². The Morgan fingerprint density at radius 1 is 1.00 bits per heavy atom. The summed E-state index contributed by atoms with van der Waals surface area (Å²) >= 11 is 0. The molecule has 1 aromatic carbocycles. The van der Waals surface area contributed by atoms with Crippen LogP contribution >= 0.6 is 0 Å². The smallest absolute Gasteiger partial charge is 0.356 e. The third kappa shape index (κ3) is 2.20. The standard InChI is InChI=1S/C12H8F6O3/c13-11(14,15)9(12(16,17)18)6-8(19)10(20,21-9)7-4-2-1-3-5-7/h1-5,20H,6H2. The molecule has 1 aromatic rings. The van der Waals surface area contributed by atoms with Crippen molar-refractivity contribution in [3.8, 4) is 0 Å². The molecule has 1 aliphatic rings. The van der Waals surface area contributed by atoms with Crippen LogP contribution in [0.3, 0.4) is 0 Å². The number of aliphatic hydroxyl groups is 1. The maximum Gasteiger partial charge on any atom is 0.427 e. The van der Waals surface area contributed by atoms with Crippen LogP contribution in [0.1, 0.15) is 12.0 Å². The van der Waals surface area contributed by atoms with Gasteiger partial charge in [0.05, 0.1) is 6.42 Å². The van der Waals surface area contributed by atoms with E-state index in [0.29, 0.717) is 0 Å². The number of halogens is 6. The topological polar surface area (TPSA) is 46.5 Å². The Morgan fingerprint density at radius 3 is 1.86 bits per heavy atom. The minimum Gasteiger partial charge on any atom is -0.356 e. The second-order valence-corrected chi connectivity index (χ2v) is 4.53. The van der Waals surface area contributed by atoms with Gasteiger partial charge >= 0.3 is 12.4 Å². The van der Waals surface area contributed by atoms with E-state index in [2.05, 4.69) is 4.74 Å². The Labute approximate surface area is 114 Å². The number of alkyl halides is 6. The summed E-state index contributed by atoms with van der Waals surface area (Å²) in [4.78, 5) is 11.6. The van der Waals surface area contributed by atoms with Crippen molar-refractivity contribution in [3.63, 3.8) is 0 Å². The zero-order valence-electron chi connectivity index (χ0n) is 10.1. The summed E-state index contributed by atoms with van der Waals surface area (Å²) in [6, 6.07) is 5.89. The third-order valence-electron chi connectivity index (χ3n) is 3.19. The summed E-state index contributed by atoms with van der Waals surface area (Å²) in [6.07, 6.45) is -13.8. The summed E-state index contributed by atoms with van der Waals surface area (Å²) in [7, 11) is 0. The minimum absolute atomic E-state index is 0.495. The normalized spacial score (nSPS) is 26.1. The molecule has 0 amide bonds. The van der Waals surface area contributed by atoms with Crippen LogP contribution in [0.2, 0.25) is 0 Å². The molecule has 3 nitrogen and oxygen atoms in total. The summed E-state index contributed by atoms with van der Waals surface area (Å²) < 4.78 is 80.9. The van der Waals surface area contributed by atoms with Crippen LogP contribution in [0.5, 0.6) is 0 Å². The summed E-state index contributed by atoms with van der Waals surface area (Å²) in [5.74, 6) is -4.99. The van der Waals surface area contributed by atoms with Crippen molar-refractivity contribution in [1.82, 2.24) is 0 Å². The summed E-state index contributed by atoms with van der Waals surface area (Å²) in [5, 5.41) is 9.92. The molecule has 0 bridgehead atoms. The van der Waals surface area contributed by atoms with Gasteiger partial charge in [-0.2, -0.15) is 26.3 Å². The van der Waals surface area contributed by atoms with Gasteiger partial charge in [0.15, 0.2) is 5.78 Å². The first-order chi connectivity index (χ1) is 9.44. The van der Waals surface area contributed by atoms with E-state index < -0.39 is 41.5 Å². The van der Waals surface area contributed by atoms with Crippen LogP contribution in [0.4, 0.5) is 26.3 Å². The molecule has 1 N–H and O–H groups in total. The van der Waals surface area contributed by atoms with Crippen LogP contribution in [0, 0.1) is 0 Å². The predicted octanol–water partition coefficient (Wildman–Crippen LogP) is 2.68. The lowest BCUT2D eigenvalue weighted by atomic mass is 9.95. The van der Waals surface area contributed by atoms with Crippen molar-refractivity contribution in [2.24, 2.45) is 0 Å². The quantitative estimate of drug-likeness (QED) is 0.811. The maximum atomic E-state index is 12.8. The van der Waals surface area contributed by atoms with Crippen LogP contribution in [-0.2, 0) is 15.3 Å². The van der Waals surface area contributed by atoms with Gasteiger partial charge in [0.25, 0.3) is 11.4 Å². The Bertz CT molecular complexity index is 536. The molecule has 1 fully saturated rings. The molecule has 1 saturated heterocycles. The third-order valence-corrected chi connectivity index (χ3v) is 3.19. The molecule has 9 heteroatoms. The molecule has 1 heterocycles.